The molecule has 0 heterocycles. The average Bonchev–Trinajstić information content (AvgIpc) is 2.30. The summed E-state index contributed by atoms with van der Waals surface area (Å²) in [5.41, 5.74) is 1.81. The Morgan fingerprint density at radius 2 is 0.875 bits per heavy atom. The van der Waals surface area contributed by atoms with E-state index < -0.39 is 0 Å². The zero-order chi connectivity index (χ0) is 11.6. The maximum atomic E-state index is 5.40. The molecule has 0 aliphatic heterocycles. The summed E-state index contributed by atoms with van der Waals surface area (Å²) < 4.78 is 0. The fraction of sp³-hybridized carbons (Fsp3) is 0.833. The first-order valence-electron chi connectivity index (χ1n) is 6.42. The summed E-state index contributed by atoms with van der Waals surface area (Å²) in [6.45, 7) is 0. The van der Waals surface area contributed by atoms with E-state index in [1.807, 2.05) is 0 Å². The molecule has 0 radical (unpaired) electrons. The van der Waals surface area contributed by atoms with Crippen molar-refractivity contribution >= 4 is 11.4 Å². The van der Waals surface area contributed by atoms with Crippen molar-refractivity contribution in [3.8, 4) is 0 Å². The lowest BCUT2D eigenvalue weighted by molar-refractivity contribution is 0.573. The second-order valence-corrected chi connectivity index (χ2v) is 4.48. The predicted molar refractivity (Wildman–Crippen MR) is 69.4 cm³/mol. The molecule has 1 rings (SSSR count). The number of nitrogens with two attached hydrogens (primary N) is 2. The van der Waals surface area contributed by atoms with E-state index in [-0.39, 0.29) is 0 Å². The van der Waals surface area contributed by atoms with Gasteiger partial charge in [-0.1, -0.05) is 38.5 Å². The highest BCUT2D eigenvalue weighted by Crippen LogP contribution is 2.14. The monoisotopic (exact) mass is 224 g/mol. The average molecular weight is 224 g/mol. The minimum atomic E-state index is 0.906. The van der Waals surface area contributed by atoms with E-state index in [9.17, 15) is 0 Å². The van der Waals surface area contributed by atoms with E-state index in [4.69, 9.17) is 11.7 Å². The molecule has 0 bridgehead atoms. The summed E-state index contributed by atoms with van der Waals surface area (Å²) in [5, 5.41) is 7.67. The fourth-order valence-corrected chi connectivity index (χ4v) is 2.21. The Kier molecular flexibility index (Phi) is 6.61. The van der Waals surface area contributed by atoms with Crippen molar-refractivity contribution in [3.05, 3.63) is 0 Å². The maximum Gasteiger partial charge on any atom is 0.0832 e. The highest BCUT2D eigenvalue weighted by molar-refractivity contribution is 6.42. The van der Waals surface area contributed by atoms with Crippen molar-refractivity contribution in [2.24, 2.45) is 21.9 Å². The zero-order valence-electron chi connectivity index (χ0n) is 10.1. The molecule has 4 nitrogen and oxygen atoms in total. The van der Waals surface area contributed by atoms with Gasteiger partial charge < -0.3 is 11.7 Å². The Morgan fingerprint density at radius 1 is 0.562 bits per heavy atom. The van der Waals surface area contributed by atoms with E-state index in [2.05, 4.69) is 10.2 Å². The molecule has 0 spiro atoms. The summed E-state index contributed by atoms with van der Waals surface area (Å²) in [6.07, 6.45) is 12.1. The first-order chi connectivity index (χ1) is 7.88. The van der Waals surface area contributed by atoms with Crippen molar-refractivity contribution in [3.63, 3.8) is 0 Å². The lowest BCUT2D eigenvalue weighted by Crippen LogP contribution is -2.18. The van der Waals surface area contributed by atoms with E-state index in [1.165, 1.54) is 38.5 Å². The van der Waals surface area contributed by atoms with Crippen molar-refractivity contribution in [2.45, 2.75) is 64.2 Å². The molecule has 0 aromatic carbocycles. The molecular formula is C12H24N4. The van der Waals surface area contributed by atoms with Crippen LogP contribution in [0.1, 0.15) is 64.2 Å². The number of hydrazone groups is 2. The topological polar surface area (TPSA) is 76.8 Å². The first kappa shape index (κ1) is 13.0. The van der Waals surface area contributed by atoms with Crippen LogP contribution in [-0.2, 0) is 0 Å². The zero-order valence-corrected chi connectivity index (χ0v) is 10.1. The van der Waals surface area contributed by atoms with Crippen LogP contribution in [0, 0.1) is 0 Å². The minimum Gasteiger partial charge on any atom is -0.323 e. The molecule has 4 N–H and O–H groups in total. The van der Waals surface area contributed by atoms with E-state index >= 15 is 0 Å². The predicted octanol–water partition coefficient (Wildman–Crippen LogP) is 2.53. The third-order valence-electron chi connectivity index (χ3n) is 3.22. The molecular weight excluding hydrogens is 200 g/mol. The van der Waals surface area contributed by atoms with E-state index in [0.717, 1.165) is 37.1 Å². The molecule has 4 heteroatoms. The molecule has 0 amide bonds. The largest absolute Gasteiger partial charge is 0.323 e. The van der Waals surface area contributed by atoms with Crippen LogP contribution in [0.25, 0.3) is 0 Å². The van der Waals surface area contributed by atoms with Crippen LogP contribution < -0.4 is 11.7 Å². The van der Waals surface area contributed by atoms with Crippen LogP contribution >= 0.6 is 0 Å². The van der Waals surface area contributed by atoms with Crippen molar-refractivity contribution in [1.29, 1.82) is 0 Å². The highest BCUT2D eigenvalue weighted by atomic mass is 15.2. The third-order valence-corrected chi connectivity index (χ3v) is 3.22. The van der Waals surface area contributed by atoms with Gasteiger partial charge in [-0.25, -0.2) is 0 Å². The van der Waals surface area contributed by atoms with Gasteiger partial charge in [0, 0.05) is 0 Å². The summed E-state index contributed by atoms with van der Waals surface area (Å²) in [6, 6.07) is 0. The molecule has 0 aromatic rings. The van der Waals surface area contributed by atoms with Gasteiger partial charge in [0.2, 0.25) is 0 Å². The van der Waals surface area contributed by atoms with Gasteiger partial charge >= 0.3 is 0 Å². The number of nitrogens with zero attached hydrogens (tertiary/aromatic N) is 2. The van der Waals surface area contributed by atoms with Crippen molar-refractivity contribution < 1.29 is 0 Å². The quantitative estimate of drug-likeness (QED) is 0.490. The molecule has 92 valence electrons. The Bertz CT molecular complexity index is 219. The normalized spacial score (nSPS) is 26.2. The third kappa shape index (κ3) is 4.64. The molecule has 1 fully saturated rings. The fourth-order valence-electron chi connectivity index (χ4n) is 2.21. The minimum absolute atomic E-state index is 0.906. The van der Waals surface area contributed by atoms with Crippen LogP contribution in [0.4, 0.5) is 0 Å². The van der Waals surface area contributed by atoms with Crippen LogP contribution in [0.15, 0.2) is 10.2 Å². The van der Waals surface area contributed by atoms with Gasteiger partial charge in [-0.15, -0.1) is 0 Å². The smallest absolute Gasteiger partial charge is 0.0832 e. The molecule has 0 unspecified atom stereocenters. The standard InChI is InChI=1S/C12H24N4/c13-15-11-9-7-5-3-1-2-4-6-8-10-12(11)16-14/h1-10,13-14H2/b15-11-,16-12+. The molecule has 16 heavy (non-hydrogen) atoms. The van der Waals surface area contributed by atoms with Gasteiger partial charge in [0.15, 0.2) is 0 Å². The van der Waals surface area contributed by atoms with Gasteiger partial charge in [0.05, 0.1) is 11.4 Å². The summed E-state index contributed by atoms with van der Waals surface area (Å²) in [5.74, 6) is 10.8. The number of hydrogen-bond donors (Lipinski definition) is 2. The van der Waals surface area contributed by atoms with E-state index in [0.29, 0.717) is 0 Å². The molecule has 0 saturated heterocycles. The lowest BCUT2D eigenvalue weighted by Gasteiger charge is -2.10. The van der Waals surface area contributed by atoms with Gasteiger partial charge in [-0.2, -0.15) is 10.2 Å². The van der Waals surface area contributed by atoms with Crippen LogP contribution in [-0.4, -0.2) is 11.4 Å². The van der Waals surface area contributed by atoms with Gasteiger partial charge in [-0.05, 0) is 25.7 Å². The molecule has 1 aliphatic carbocycles. The number of hydrogen-bond acceptors (Lipinski definition) is 4. The lowest BCUT2D eigenvalue weighted by atomic mass is 9.98. The van der Waals surface area contributed by atoms with Crippen LogP contribution in [0.3, 0.4) is 0 Å². The second-order valence-electron chi connectivity index (χ2n) is 4.48. The van der Waals surface area contributed by atoms with Crippen molar-refractivity contribution in [2.75, 3.05) is 0 Å². The molecule has 1 saturated carbocycles. The maximum absolute atomic E-state index is 5.40. The summed E-state index contributed by atoms with van der Waals surface area (Å²) >= 11 is 0. The van der Waals surface area contributed by atoms with Crippen LogP contribution in [0.2, 0.25) is 0 Å². The second kappa shape index (κ2) is 8.13. The van der Waals surface area contributed by atoms with Gasteiger partial charge in [-0.3, -0.25) is 0 Å². The molecule has 1 aliphatic rings. The Balaban J connectivity index is 2.53. The SMILES string of the molecule is N/N=C1/CCCCCCCCCC/C1=N\N. The van der Waals surface area contributed by atoms with E-state index in [1.54, 1.807) is 0 Å². The molecule has 0 atom stereocenters. The Labute approximate surface area is 98.2 Å². The molecule has 0 aromatic heterocycles. The first-order valence-corrected chi connectivity index (χ1v) is 6.42. The highest BCUT2D eigenvalue weighted by Gasteiger charge is 2.09. The van der Waals surface area contributed by atoms with Gasteiger partial charge in [0.25, 0.3) is 0 Å². The summed E-state index contributed by atoms with van der Waals surface area (Å²) in [7, 11) is 0. The van der Waals surface area contributed by atoms with Gasteiger partial charge in [0.1, 0.15) is 0 Å². The van der Waals surface area contributed by atoms with Crippen molar-refractivity contribution in [1.82, 2.24) is 0 Å². The Hall–Kier alpha value is -1.06. The Morgan fingerprint density at radius 3 is 1.19 bits per heavy atom. The summed E-state index contributed by atoms with van der Waals surface area (Å²) in [4.78, 5) is 0. The van der Waals surface area contributed by atoms with Crippen LogP contribution in [0.5, 0.6) is 0 Å². The number of rotatable bonds is 0.